The summed E-state index contributed by atoms with van der Waals surface area (Å²) in [7, 11) is 2.16. The summed E-state index contributed by atoms with van der Waals surface area (Å²) in [6, 6.07) is 18.6. The van der Waals surface area contributed by atoms with Crippen LogP contribution in [-0.2, 0) is 11.2 Å². The number of para-hydroxylation sites is 2. The minimum absolute atomic E-state index is 0.0569. The quantitative estimate of drug-likeness (QED) is 0.843. The van der Waals surface area contributed by atoms with E-state index in [0.717, 1.165) is 43.7 Å². The third-order valence-corrected chi connectivity index (χ3v) is 4.76. The number of rotatable bonds is 6. The molecule has 4 nitrogen and oxygen atoms in total. The van der Waals surface area contributed by atoms with Crippen molar-refractivity contribution in [2.75, 3.05) is 30.8 Å². The molecule has 25 heavy (non-hydrogen) atoms. The van der Waals surface area contributed by atoms with E-state index in [4.69, 9.17) is 0 Å². The first-order valence-electron chi connectivity index (χ1n) is 9.08. The molecular weight excluding hydrogens is 310 g/mol. The summed E-state index contributed by atoms with van der Waals surface area (Å²) in [6.45, 7) is 2.23. The number of anilines is 2. The number of carbonyl (C=O) groups is 1. The van der Waals surface area contributed by atoms with E-state index < -0.39 is 0 Å². The van der Waals surface area contributed by atoms with Crippen LogP contribution < -0.4 is 10.6 Å². The van der Waals surface area contributed by atoms with Gasteiger partial charge in [0, 0.05) is 12.5 Å². The van der Waals surface area contributed by atoms with Crippen molar-refractivity contribution in [3.05, 3.63) is 60.2 Å². The monoisotopic (exact) mass is 337 g/mol. The van der Waals surface area contributed by atoms with E-state index in [-0.39, 0.29) is 5.91 Å². The van der Waals surface area contributed by atoms with Crippen LogP contribution in [0, 0.1) is 0 Å². The van der Waals surface area contributed by atoms with E-state index in [9.17, 15) is 4.79 Å². The molecule has 0 radical (unpaired) electrons. The Morgan fingerprint density at radius 2 is 1.64 bits per heavy atom. The van der Waals surface area contributed by atoms with Crippen molar-refractivity contribution in [3.8, 4) is 0 Å². The molecule has 1 aliphatic rings. The lowest BCUT2D eigenvalue weighted by Gasteiger charge is -2.30. The molecule has 0 aliphatic carbocycles. The summed E-state index contributed by atoms with van der Waals surface area (Å²) in [6.07, 6.45) is 3.52. The second-order valence-electron chi connectivity index (χ2n) is 6.80. The molecular formula is C21H27N3O. The van der Waals surface area contributed by atoms with Gasteiger partial charge in [0.05, 0.1) is 11.4 Å². The van der Waals surface area contributed by atoms with Gasteiger partial charge in [-0.05, 0) is 57.1 Å². The molecule has 132 valence electrons. The van der Waals surface area contributed by atoms with Crippen molar-refractivity contribution in [1.82, 2.24) is 4.90 Å². The van der Waals surface area contributed by atoms with Gasteiger partial charge < -0.3 is 15.5 Å². The molecule has 1 fully saturated rings. The molecule has 4 heteroatoms. The summed E-state index contributed by atoms with van der Waals surface area (Å²) in [4.78, 5) is 14.7. The fourth-order valence-corrected chi connectivity index (χ4v) is 3.21. The summed E-state index contributed by atoms with van der Waals surface area (Å²) in [5.74, 6) is 0.0569. The van der Waals surface area contributed by atoms with Crippen LogP contribution in [0.2, 0.25) is 0 Å². The first-order valence-corrected chi connectivity index (χ1v) is 9.08. The highest BCUT2D eigenvalue weighted by molar-refractivity contribution is 5.94. The van der Waals surface area contributed by atoms with Crippen molar-refractivity contribution in [2.45, 2.75) is 31.7 Å². The standard InChI is InChI=1S/C21H27N3O/c1-24-15-13-18(14-16-24)22-19-9-5-6-10-20(19)23-21(25)12-11-17-7-3-2-4-8-17/h2-10,18,22H,11-16H2,1H3,(H,23,25). The van der Waals surface area contributed by atoms with E-state index in [1.165, 1.54) is 5.56 Å². The zero-order valence-electron chi connectivity index (χ0n) is 14.9. The minimum Gasteiger partial charge on any atom is -0.381 e. The lowest BCUT2D eigenvalue weighted by atomic mass is 10.0. The van der Waals surface area contributed by atoms with Crippen molar-refractivity contribution in [2.24, 2.45) is 0 Å². The number of likely N-dealkylation sites (tertiary alicyclic amines) is 1. The Hall–Kier alpha value is -2.33. The number of amides is 1. The van der Waals surface area contributed by atoms with Crippen molar-refractivity contribution >= 4 is 17.3 Å². The fraction of sp³-hybridized carbons (Fsp3) is 0.381. The van der Waals surface area contributed by atoms with Crippen LogP contribution in [0.5, 0.6) is 0 Å². The Morgan fingerprint density at radius 1 is 1.00 bits per heavy atom. The maximum atomic E-state index is 12.3. The molecule has 2 aromatic carbocycles. The Labute approximate surface area is 150 Å². The molecule has 3 rings (SSSR count). The van der Waals surface area contributed by atoms with Gasteiger partial charge in [-0.3, -0.25) is 4.79 Å². The number of hydrogen-bond donors (Lipinski definition) is 2. The number of piperidine rings is 1. The third kappa shape index (κ3) is 5.33. The van der Waals surface area contributed by atoms with Gasteiger partial charge in [-0.15, -0.1) is 0 Å². The molecule has 0 atom stereocenters. The Balaban J connectivity index is 1.56. The highest BCUT2D eigenvalue weighted by Crippen LogP contribution is 2.24. The molecule has 1 amide bonds. The Bertz CT molecular complexity index is 679. The summed E-state index contributed by atoms with van der Waals surface area (Å²) in [5.41, 5.74) is 3.08. The molecule has 1 saturated heterocycles. The lowest BCUT2D eigenvalue weighted by Crippen LogP contribution is -2.36. The van der Waals surface area contributed by atoms with Crippen LogP contribution in [0.25, 0.3) is 0 Å². The first-order chi connectivity index (χ1) is 12.2. The molecule has 2 aromatic rings. The highest BCUT2D eigenvalue weighted by atomic mass is 16.1. The minimum atomic E-state index is 0.0569. The number of nitrogens with one attached hydrogen (secondary N) is 2. The number of benzene rings is 2. The van der Waals surface area contributed by atoms with E-state index >= 15 is 0 Å². The van der Waals surface area contributed by atoms with E-state index in [1.807, 2.05) is 42.5 Å². The highest BCUT2D eigenvalue weighted by Gasteiger charge is 2.17. The van der Waals surface area contributed by atoms with Crippen molar-refractivity contribution in [1.29, 1.82) is 0 Å². The zero-order chi connectivity index (χ0) is 17.5. The van der Waals surface area contributed by atoms with Gasteiger partial charge in [0.25, 0.3) is 0 Å². The molecule has 0 aromatic heterocycles. The van der Waals surface area contributed by atoms with E-state index in [2.05, 4.69) is 34.7 Å². The smallest absolute Gasteiger partial charge is 0.224 e. The maximum absolute atomic E-state index is 12.3. The van der Waals surface area contributed by atoms with Gasteiger partial charge in [0.1, 0.15) is 0 Å². The van der Waals surface area contributed by atoms with Gasteiger partial charge in [-0.25, -0.2) is 0 Å². The Morgan fingerprint density at radius 3 is 2.36 bits per heavy atom. The molecule has 1 heterocycles. The largest absolute Gasteiger partial charge is 0.381 e. The van der Waals surface area contributed by atoms with Crippen LogP contribution in [-0.4, -0.2) is 37.0 Å². The van der Waals surface area contributed by atoms with Crippen LogP contribution >= 0.6 is 0 Å². The van der Waals surface area contributed by atoms with Crippen LogP contribution in [0.3, 0.4) is 0 Å². The predicted molar refractivity (Wildman–Crippen MR) is 104 cm³/mol. The molecule has 0 unspecified atom stereocenters. The van der Waals surface area contributed by atoms with Gasteiger partial charge in [-0.1, -0.05) is 42.5 Å². The molecule has 0 saturated carbocycles. The van der Waals surface area contributed by atoms with Crippen LogP contribution in [0.4, 0.5) is 11.4 Å². The molecule has 0 bridgehead atoms. The van der Waals surface area contributed by atoms with Crippen LogP contribution in [0.1, 0.15) is 24.8 Å². The Kier molecular flexibility index (Phi) is 6.07. The van der Waals surface area contributed by atoms with Crippen molar-refractivity contribution < 1.29 is 4.79 Å². The average molecular weight is 337 g/mol. The fourth-order valence-electron chi connectivity index (χ4n) is 3.21. The summed E-state index contributed by atoms with van der Waals surface area (Å²) >= 11 is 0. The lowest BCUT2D eigenvalue weighted by molar-refractivity contribution is -0.116. The zero-order valence-corrected chi connectivity index (χ0v) is 14.9. The van der Waals surface area contributed by atoms with Gasteiger partial charge in [0.2, 0.25) is 5.91 Å². The van der Waals surface area contributed by atoms with Crippen LogP contribution in [0.15, 0.2) is 54.6 Å². The molecule has 2 N–H and O–H groups in total. The summed E-state index contributed by atoms with van der Waals surface area (Å²) in [5, 5.41) is 6.68. The van der Waals surface area contributed by atoms with Crippen molar-refractivity contribution in [3.63, 3.8) is 0 Å². The predicted octanol–water partition coefficient (Wildman–Crippen LogP) is 3.76. The average Bonchev–Trinajstić information content (AvgIpc) is 2.64. The molecule has 0 spiro atoms. The second kappa shape index (κ2) is 8.67. The van der Waals surface area contributed by atoms with E-state index in [1.54, 1.807) is 0 Å². The summed E-state index contributed by atoms with van der Waals surface area (Å²) < 4.78 is 0. The maximum Gasteiger partial charge on any atom is 0.224 e. The van der Waals surface area contributed by atoms with Gasteiger partial charge in [0.15, 0.2) is 0 Å². The topological polar surface area (TPSA) is 44.4 Å². The second-order valence-corrected chi connectivity index (χ2v) is 6.80. The molecule has 1 aliphatic heterocycles. The SMILES string of the molecule is CN1CCC(Nc2ccccc2NC(=O)CCc2ccccc2)CC1. The number of aryl methyl sites for hydroxylation is 1. The number of hydrogen-bond acceptors (Lipinski definition) is 3. The van der Waals surface area contributed by atoms with Gasteiger partial charge >= 0.3 is 0 Å². The number of nitrogens with zero attached hydrogens (tertiary/aromatic N) is 1. The third-order valence-electron chi connectivity index (χ3n) is 4.76. The van der Waals surface area contributed by atoms with Gasteiger partial charge in [-0.2, -0.15) is 0 Å². The van der Waals surface area contributed by atoms with E-state index in [0.29, 0.717) is 12.5 Å². The normalized spacial score (nSPS) is 15.7. The first kappa shape index (κ1) is 17.5. The number of carbonyl (C=O) groups excluding carboxylic acids is 1.